The highest BCUT2D eigenvalue weighted by atomic mass is 16.6. The van der Waals surface area contributed by atoms with Gasteiger partial charge in [0, 0.05) is 11.6 Å². The van der Waals surface area contributed by atoms with Gasteiger partial charge in [-0.15, -0.1) is 0 Å². The van der Waals surface area contributed by atoms with E-state index in [-0.39, 0.29) is 34.8 Å². The van der Waals surface area contributed by atoms with Crippen LogP contribution in [0.25, 0.3) is 0 Å². The third kappa shape index (κ3) is 4.59. The number of amides is 2. The van der Waals surface area contributed by atoms with Gasteiger partial charge in [0.2, 0.25) is 0 Å². The first kappa shape index (κ1) is 19.6. The summed E-state index contributed by atoms with van der Waals surface area (Å²) in [4.78, 5) is 35.6. The van der Waals surface area contributed by atoms with E-state index >= 15 is 0 Å². The molecule has 0 aliphatic carbocycles. The molecule has 0 unspecified atom stereocenters. The fraction of sp³-hybridized carbons (Fsp3) is 0.100. The zero-order valence-electron chi connectivity index (χ0n) is 15.4. The molecule has 3 aromatic rings. The summed E-state index contributed by atoms with van der Waals surface area (Å²) in [7, 11) is 1.31. The van der Waals surface area contributed by atoms with E-state index in [1.807, 2.05) is 0 Å². The van der Waals surface area contributed by atoms with E-state index in [4.69, 9.17) is 9.15 Å². The number of carbonyl (C=O) groups is 2. The standard InChI is InChI=1S/C20H17N3O6/c1-28-18-9-8-13(11-17(18)23(26)27)19(24)22-16-7-3-2-6-15(16)20(25)21-12-14-5-4-10-29-14/h2-11H,12H2,1H3,(H,21,25)(H,22,24). The van der Waals surface area contributed by atoms with Gasteiger partial charge in [0.15, 0.2) is 5.75 Å². The van der Waals surface area contributed by atoms with Gasteiger partial charge in [-0.05, 0) is 36.4 Å². The SMILES string of the molecule is COc1ccc(C(=O)Nc2ccccc2C(=O)NCc2ccco2)cc1[N+](=O)[O-]. The number of nitro benzene ring substituents is 1. The Morgan fingerprint density at radius 3 is 2.59 bits per heavy atom. The Bertz CT molecular complexity index is 1050. The van der Waals surface area contributed by atoms with Gasteiger partial charge in [-0.2, -0.15) is 0 Å². The summed E-state index contributed by atoms with van der Waals surface area (Å²) in [6.07, 6.45) is 1.50. The van der Waals surface area contributed by atoms with Gasteiger partial charge in [-0.25, -0.2) is 0 Å². The fourth-order valence-corrected chi connectivity index (χ4v) is 2.63. The maximum absolute atomic E-state index is 12.6. The lowest BCUT2D eigenvalue weighted by Crippen LogP contribution is -2.24. The third-order valence-electron chi connectivity index (χ3n) is 4.06. The van der Waals surface area contributed by atoms with Crippen LogP contribution in [-0.2, 0) is 6.54 Å². The second kappa shape index (κ2) is 8.70. The van der Waals surface area contributed by atoms with Gasteiger partial charge in [-0.1, -0.05) is 12.1 Å². The molecule has 0 saturated carbocycles. The molecule has 9 heteroatoms. The molecular weight excluding hydrogens is 378 g/mol. The summed E-state index contributed by atoms with van der Waals surface area (Å²) in [6, 6.07) is 13.8. The van der Waals surface area contributed by atoms with Crippen LogP contribution >= 0.6 is 0 Å². The highest BCUT2D eigenvalue weighted by Crippen LogP contribution is 2.28. The van der Waals surface area contributed by atoms with E-state index in [1.54, 1.807) is 36.4 Å². The Morgan fingerprint density at radius 2 is 1.90 bits per heavy atom. The number of carbonyl (C=O) groups excluding carboxylic acids is 2. The molecule has 29 heavy (non-hydrogen) atoms. The normalized spacial score (nSPS) is 10.2. The summed E-state index contributed by atoms with van der Waals surface area (Å²) < 4.78 is 10.1. The van der Waals surface area contributed by atoms with Crippen molar-refractivity contribution in [2.75, 3.05) is 12.4 Å². The minimum Gasteiger partial charge on any atom is -0.490 e. The minimum atomic E-state index is -0.633. The molecule has 3 rings (SSSR count). The summed E-state index contributed by atoms with van der Waals surface area (Å²) in [6.45, 7) is 0.193. The molecule has 0 aliphatic rings. The average Bonchev–Trinajstić information content (AvgIpc) is 3.25. The van der Waals surface area contributed by atoms with Crippen LogP contribution in [0.2, 0.25) is 0 Å². The van der Waals surface area contributed by atoms with E-state index in [9.17, 15) is 19.7 Å². The molecule has 0 bridgehead atoms. The van der Waals surface area contributed by atoms with Gasteiger partial charge in [0.25, 0.3) is 11.8 Å². The van der Waals surface area contributed by atoms with Crippen molar-refractivity contribution in [3.05, 3.63) is 87.9 Å². The topological polar surface area (TPSA) is 124 Å². The van der Waals surface area contributed by atoms with Crippen molar-refractivity contribution in [1.29, 1.82) is 0 Å². The number of hydrogen-bond donors (Lipinski definition) is 2. The number of benzene rings is 2. The molecule has 0 fully saturated rings. The van der Waals surface area contributed by atoms with E-state index < -0.39 is 16.7 Å². The fourth-order valence-electron chi connectivity index (χ4n) is 2.63. The van der Waals surface area contributed by atoms with Crippen LogP contribution < -0.4 is 15.4 Å². The van der Waals surface area contributed by atoms with Gasteiger partial charge in [-0.3, -0.25) is 19.7 Å². The summed E-state index contributed by atoms with van der Waals surface area (Å²) in [5.41, 5.74) is 0.247. The number of furan rings is 1. The summed E-state index contributed by atoms with van der Waals surface area (Å²) in [5, 5.41) is 16.5. The Hall–Kier alpha value is -4.14. The first-order valence-corrected chi connectivity index (χ1v) is 8.53. The molecule has 9 nitrogen and oxygen atoms in total. The number of para-hydroxylation sites is 1. The minimum absolute atomic E-state index is 0.0456. The zero-order valence-corrected chi connectivity index (χ0v) is 15.4. The molecule has 1 heterocycles. The van der Waals surface area contributed by atoms with Crippen LogP contribution in [0.3, 0.4) is 0 Å². The number of nitrogens with zero attached hydrogens (tertiary/aromatic N) is 1. The van der Waals surface area contributed by atoms with Crippen molar-refractivity contribution in [2.24, 2.45) is 0 Å². The van der Waals surface area contributed by atoms with E-state index in [0.29, 0.717) is 5.76 Å². The van der Waals surface area contributed by atoms with Crippen LogP contribution in [0.1, 0.15) is 26.5 Å². The molecule has 0 spiro atoms. The number of ether oxygens (including phenoxy) is 1. The largest absolute Gasteiger partial charge is 0.490 e. The average molecular weight is 395 g/mol. The van der Waals surface area contributed by atoms with Crippen molar-refractivity contribution in [2.45, 2.75) is 6.54 Å². The van der Waals surface area contributed by atoms with Crippen molar-refractivity contribution in [3.8, 4) is 5.75 Å². The second-order valence-corrected chi connectivity index (χ2v) is 5.91. The van der Waals surface area contributed by atoms with Crippen LogP contribution in [0.15, 0.2) is 65.3 Å². The van der Waals surface area contributed by atoms with Crippen molar-refractivity contribution in [1.82, 2.24) is 5.32 Å². The predicted molar refractivity (Wildman–Crippen MR) is 104 cm³/mol. The Labute approximate surface area is 165 Å². The lowest BCUT2D eigenvalue weighted by atomic mass is 10.1. The van der Waals surface area contributed by atoms with E-state index in [1.165, 1.54) is 25.5 Å². The van der Waals surface area contributed by atoms with Crippen molar-refractivity contribution >= 4 is 23.2 Å². The lowest BCUT2D eigenvalue weighted by Gasteiger charge is -2.11. The second-order valence-electron chi connectivity index (χ2n) is 5.91. The highest BCUT2D eigenvalue weighted by Gasteiger charge is 2.19. The number of anilines is 1. The van der Waals surface area contributed by atoms with Crippen LogP contribution in [0.5, 0.6) is 5.75 Å². The number of methoxy groups -OCH3 is 1. The molecule has 0 saturated heterocycles. The zero-order chi connectivity index (χ0) is 20.8. The number of nitro groups is 1. The quantitative estimate of drug-likeness (QED) is 0.467. The van der Waals surface area contributed by atoms with Crippen LogP contribution in [0, 0.1) is 10.1 Å². The Balaban J connectivity index is 1.78. The van der Waals surface area contributed by atoms with E-state index in [0.717, 1.165) is 6.07 Å². The van der Waals surface area contributed by atoms with Crippen molar-refractivity contribution < 1.29 is 23.7 Å². The van der Waals surface area contributed by atoms with Crippen LogP contribution in [-0.4, -0.2) is 23.8 Å². The molecular formula is C20H17N3O6. The number of hydrogen-bond acceptors (Lipinski definition) is 6. The van der Waals surface area contributed by atoms with Gasteiger partial charge in [0.05, 0.1) is 36.1 Å². The highest BCUT2D eigenvalue weighted by molar-refractivity contribution is 6.09. The third-order valence-corrected chi connectivity index (χ3v) is 4.06. The first-order chi connectivity index (χ1) is 14.0. The molecule has 2 N–H and O–H groups in total. The molecule has 148 valence electrons. The van der Waals surface area contributed by atoms with Crippen molar-refractivity contribution in [3.63, 3.8) is 0 Å². The van der Waals surface area contributed by atoms with Gasteiger partial charge in [0.1, 0.15) is 5.76 Å². The van der Waals surface area contributed by atoms with E-state index in [2.05, 4.69) is 10.6 Å². The smallest absolute Gasteiger partial charge is 0.311 e. The van der Waals surface area contributed by atoms with Gasteiger partial charge >= 0.3 is 5.69 Å². The van der Waals surface area contributed by atoms with Crippen LogP contribution in [0.4, 0.5) is 11.4 Å². The Morgan fingerprint density at radius 1 is 1.10 bits per heavy atom. The summed E-state index contributed by atoms with van der Waals surface area (Å²) in [5.74, 6) is -0.366. The maximum atomic E-state index is 12.6. The summed E-state index contributed by atoms with van der Waals surface area (Å²) >= 11 is 0. The molecule has 2 aromatic carbocycles. The first-order valence-electron chi connectivity index (χ1n) is 8.53. The monoisotopic (exact) mass is 395 g/mol. The Kier molecular flexibility index (Phi) is 5.88. The maximum Gasteiger partial charge on any atom is 0.311 e. The number of rotatable bonds is 7. The molecule has 2 amide bonds. The molecule has 0 aliphatic heterocycles. The predicted octanol–water partition coefficient (Wildman–Crippen LogP) is 3.38. The lowest BCUT2D eigenvalue weighted by molar-refractivity contribution is -0.385. The number of nitrogens with one attached hydrogen (secondary N) is 2. The van der Waals surface area contributed by atoms with Gasteiger partial charge < -0.3 is 19.8 Å². The molecule has 0 radical (unpaired) electrons. The molecule has 1 aromatic heterocycles. The molecule has 0 atom stereocenters.